The minimum absolute atomic E-state index is 0.0636. The molecule has 1 aromatic carbocycles. The highest BCUT2D eigenvalue weighted by Crippen LogP contribution is 2.29. The van der Waals surface area contributed by atoms with Gasteiger partial charge in [-0.3, -0.25) is 4.79 Å². The molecule has 7 heteroatoms. The Balaban J connectivity index is 2.92. The van der Waals surface area contributed by atoms with E-state index in [-0.39, 0.29) is 23.6 Å². The lowest BCUT2D eigenvalue weighted by Gasteiger charge is -2.10. The number of hydrogen-bond donors (Lipinski definition) is 1. The third-order valence-corrected chi connectivity index (χ3v) is 3.89. The fourth-order valence-electron chi connectivity index (χ4n) is 1.43. The van der Waals surface area contributed by atoms with Crippen LogP contribution in [0.4, 0.5) is 0 Å². The number of carbonyl (C=O) groups excluding carboxylic acids is 1. The molecule has 0 spiro atoms. The van der Waals surface area contributed by atoms with Crippen LogP contribution in [-0.4, -0.2) is 35.0 Å². The van der Waals surface area contributed by atoms with Gasteiger partial charge in [0.1, 0.15) is 5.78 Å². The zero-order valence-corrected chi connectivity index (χ0v) is 11.9. The lowest BCUT2D eigenvalue weighted by atomic mass is 10.3. The summed E-state index contributed by atoms with van der Waals surface area (Å²) in [6.45, 7) is 1.48. The number of carbonyl (C=O) groups is 1. The average Bonchev–Trinajstić information content (AvgIpc) is 2.37. The molecule has 0 unspecified atom stereocenters. The Morgan fingerprint density at radius 1 is 1.21 bits per heavy atom. The summed E-state index contributed by atoms with van der Waals surface area (Å²) in [6, 6.07) is 4.30. The molecule has 0 saturated heterocycles. The van der Waals surface area contributed by atoms with Gasteiger partial charge in [0, 0.05) is 19.0 Å². The highest BCUT2D eigenvalue weighted by molar-refractivity contribution is 7.89. The number of nitrogens with one attached hydrogen (secondary N) is 1. The van der Waals surface area contributed by atoms with Gasteiger partial charge in [-0.15, -0.1) is 0 Å². The van der Waals surface area contributed by atoms with Crippen molar-refractivity contribution in [2.45, 2.75) is 18.2 Å². The van der Waals surface area contributed by atoms with Gasteiger partial charge in [0.15, 0.2) is 11.5 Å². The average molecular weight is 287 g/mol. The molecule has 0 atom stereocenters. The molecule has 0 aliphatic heterocycles. The number of benzene rings is 1. The van der Waals surface area contributed by atoms with Crippen LogP contribution in [0.5, 0.6) is 11.5 Å². The van der Waals surface area contributed by atoms with E-state index in [0.29, 0.717) is 11.5 Å². The van der Waals surface area contributed by atoms with Crippen LogP contribution in [0.3, 0.4) is 0 Å². The number of sulfonamides is 1. The van der Waals surface area contributed by atoms with Crippen molar-refractivity contribution in [1.29, 1.82) is 0 Å². The van der Waals surface area contributed by atoms with Crippen LogP contribution >= 0.6 is 0 Å². The molecular weight excluding hydrogens is 270 g/mol. The minimum atomic E-state index is -3.65. The number of ether oxygens (including phenoxy) is 2. The van der Waals surface area contributed by atoms with Gasteiger partial charge < -0.3 is 9.47 Å². The maximum absolute atomic E-state index is 12.0. The van der Waals surface area contributed by atoms with Crippen LogP contribution < -0.4 is 14.2 Å². The van der Waals surface area contributed by atoms with Crippen LogP contribution in [-0.2, 0) is 14.8 Å². The van der Waals surface area contributed by atoms with Gasteiger partial charge in [-0.25, -0.2) is 13.1 Å². The summed E-state index contributed by atoms with van der Waals surface area (Å²) < 4.78 is 36.4. The number of Topliss-reactive ketones (excluding diaryl/α,β-unsaturated/α-hetero) is 1. The van der Waals surface area contributed by atoms with Crippen molar-refractivity contribution < 1.29 is 22.7 Å². The monoisotopic (exact) mass is 287 g/mol. The van der Waals surface area contributed by atoms with Crippen LogP contribution in [0.1, 0.15) is 13.3 Å². The predicted molar refractivity (Wildman–Crippen MR) is 70.0 cm³/mol. The van der Waals surface area contributed by atoms with E-state index in [1.807, 2.05) is 0 Å². The first kappa shape index (κ1) is 15.5. The second-order valence-electron chi connectivity index (χ2n) is 3.87. The molecule has 1 rings (SSSR count). The Bertz CT molecular complexity index is 553. The first-order chi connectivity index (χ1) is 8.90. The van der Waals surface area contributed by atoms with Gasteiger partial charge in [-0.1, -0.05) is 0 Å². The van der Waals surface area contributed by atoms with Gasteiger partial charge in [0.2, 0.25) is 10.0 Å². The molecule has 19 heavy (non-hydrogen) atoms. The highest BCUT2D eigenvalue weighted by atomic mass is 32.2. The first-order valence-electron chi connectivity index (χ1n) is 5.62. The Hall–Kier alpha value is -1.60. The topological polar surface area (TPSA) is 81.7 Å². The first-order valence-corrected chi connectivity index (χ1v) is 7.10. The molecule has 0 bridgehead atoms. The highest BCUT2D eigenvalue weighted by Gasteiger charge is 2.16. The summed E-state index contributed by atoms with van der Waals surface area (Å²) in [4.78, 5) is 10.8. The van der Waals surface area contributed by atoms with Gasteiger partial charge in [-0.05, 0) is 19.1 Å². The molecule has 0 aliphatic carbocycles. The SMILES string of the molecule is COc1ccc(S(=O)(=O)NCCC(C)=O)cc1OC. The van der Waals surface area contributed by atoms with Crippen molar-refractivity contribution in [3.63, 3.8) is 0 Å². The van der Waals surface area contributed by atoms with Crippen molar-refractivity contribution >= 4 is 15.8 Å². The van der Waals surface area contributed by atoms with Crippen molar-refractivity contribution in [3.8, 4) is 11.5 Å². The lowest BCUT2D eigenvalue weighted by molar-refractivity contribution is -0.116. The molecule has 1 N–H and O–H groups in total. The van der Waals surface area contributed by atoms with Crippen LogP contribution in [0.2, 0.25) is 0 Å². The van der Waals surface area contributed by atoms with Gasteiger partial charge in [-0.2, -0.15) is 0 Å². The van der Waals surface area contributed by atoms with Crippen molar-refractivity contribution in [2.24, 2.45) is 0 Å². The Kier molecular flexibility index (Phi) is 5.31. The molecule has 0 heterocycles. The van der Waals surface area contributed by atoms with Crippen molar-refractivity contribution in [2.75, 3.05) is 20.8 Å². The molecule has 6 nitrogen and oxygen atoms in total. The molecule has 0 aromatic heterocycles. The van der Waals surface area contributed by atoms with E-state index in [9.17, 15) is 13.2 Å². The predicted octanol–water partition coefficient (Wildman–Crippen LogP) is 0.961. The molecule has 0 radical (unpaired) electrons. The zero-order valence-electron chi connectivity index (χ0n) is 11.1. The van der Waals surface area contributed by atoms with E-state index >= 15 is 0 Å². The molecule has 0 amide bonds. The molecule has 1 aromatic rings. The van der Waals surface area contributed by atoms with Crippen molar-refractivity contribution in [3.05, 3.63) is 18.2 Å². The summed E-state index contributed by atoms with van der Waals surface area (Å²) in [7, 11) is -0.754. The Labute approximate surface area is 112 Å². The summed E-state index contributed by atoms with van der Waals surface area (Å²) >= 11 is 0. The van der Waals surface area contributed by atoms with Crippen LogP contribution in [0.25, 0.3) is 0 Å². The Morgan fingerprint density at radius 2 is 1.84 bits per heavy atom. The number of hydrogen-bond acceptors (Lipinski definition) is 5. The maximum Gasteiger partial charge on any atom is 0.240 e. The van der Waals surface area contributed by atoms with E-state index in [4.69, 9.17) is 9.47 Å². The van der Waals surface area contributed by atoms with Gasteiger partial charge in [0.05, 0.1) is 19.1 Å². The second-order valence-corrected chi connectivity index (χ2v) is 5.63. The van der Waals surface area contributed by atoms with Crippen LogP contribution in [0, 0.1) is 0 Å². The summed E-state index contributed by atoms with van der Waals surface area (Å²) in [6.07, 6.45) is 0.159. The third kappa shape index (κ3) is 4.22. The fourth-order valence-corrected chi connectivity index (χ4v) is 2.48. The molecule has 0 saturated carbocycles. The lowest BCUT2D eigenvalue weighted by Crippen LogP contribution is -2.25. The standard InChI is InChI=1S/C12H17NO5S/c1-9(14)6-7-13-19(15,16)10-4-5-11(17-2)12(8-10)18-3/h4-5,8,13H,6-7H2,1-3H3. The quantitative estimate of drug-likeness (QED) is 0.808. The van der Waals surface area contributed by atoms with E-state index < -0.39 is 10.0 Å². The molecule has 0 fully saturated rings. The Morgan fingerprint density at radius 3 is 2.37 bits per heavy atom. The smallest absolute Gasteiger partial charge is 0.240 e. The van der Waals surface area contributed by atoms with Crippen LogP contribution in [0.15, 0.2) is 23.1 Å². The number of methoxy groups -OCH3 is 2. The molecule has 106 valence electrons. The van der Waals surface area contributed by atoms with E-state index in [1.165, 1.54) is 39.3 Å². The van der Waals surface area contributed by atoms with Gasteiger partial charge >= 0.3 is 0 Å². The largest absolute Gasteiger partial charge is 0.493 e. The summed E-state index contributed by atoms with van der Waals surface area (Å²) in [5.41, 5.74) is 0. The summed E-state index contributed by atoms with van der Waals surface area (Å²) in [5.74, 6) is 0.706. The second kappa shape index (κ2) is 6.53. The zero-order chi connectivity index (χ0) is 14.5. The summed E-state index contributed by atoms with van der Waals surface area (Å²) in [5, 5.41) is 0. The number of rotatable bonds is 7. The van der Waals surface area contributed by atoms with E-state index in [2.05, 4.69) is 4.72 Å². The number of ketones is 1. The van der Waals surface area contributed by atoms with Gasteiger partial charge in [0.25, 0.3) is 0 Å². The fraction of sp³-hybridized carbons (Fsp3) is 0.417. The maximum atomic E-state index is 12.0. The van der Waals surface area contributed by atoms with Crippen molar-refractivity contribution in [1.82, 2.24) is 4.72 Å². The molecular formula is C12H17NO5S. The van der Waals surface area contributed by atoms with E-state index in [0.717, 1.165) is 0 Å². The normalized spacial score (nSPS) is 11.1. The third-order valence-electron chi connectivity index (χ3n) is 2.43. The molecule has 0 aliphatic rings. The minimum Gasteiger partial charge on any atom is -0.493 e. The van der Waals surface area contributed by atoms with E-state index in [1.54, 1.807) is 0 Å².